The predicted molar refractivity (Wildman–Crippen MR) is 99.7 cm³/mol. The van der Waals surface area contributed by atoms with Gasteiger partial charge in [-0.2, -0.15) is 0 Å². The first-order valence-corrected chi connectivity index (χ1v) is 9.70. The maximum Gasteiger partial charge on any atom is 0.261 e. The Morgan fingerprint density at radius 2 is 2.04 bits per heavy atom. The zero-order valence-corrected chi connectivity index (χ0v) is 16.2. The summed E-state index contributed by atoms with van der Waals surface area (Å²) in [5.41, 5.74) is 1.72. The van der Waals surface area contributed by atoms with Gasteiger partial charge in [0.05, 0.1) is 5.56 Å². The number of anilines is 1. The van der Waals surface area contributed by atoms with Gasteiger partial charge in [0, 0.05) is 10.2 Å². The van der Waals surface area contributed by atoms with E-state index in [9.17, 15) is 4.79 Å². The van der Waals surface area contributed by atoms with E-state index in [0.717, 1.165) is 14.6 Å². The van der Waals surface area contributed by atoms with E-state index < -0.39 is 0 Å². The molecule has 1 N–H and O–H groups in total. The molecule has 0 saturated heterocycles. The van der Waals surface area contributed by atoms with E-state index in [-0.39, 0.29) is 5.91 Å². The number of nitrogens with one attached hydrogen (secondary N) is 1. The Kier molecular flexibility index (Phi) is 5.37. The van der Waals surface area contributed by atoms with Crippen molar-refractivity contribution >= 4 is 50.1 Å². The van der Waals surface area contributed by atoms with Crippen LogP contribution in [0.2, 0.25) is 0 Å². The highest BCUT2D eigenvalue weighted by molar-refractivity contribution is 9.10. The number of nitrogens with zero attached hydrogens (tertiary/aromatic N) is 2. The van der Waals surface area contributed by atoms with Gasteiger partial charge in [-0.25, -0.2) is 0 Å². The van der Waals surface area contributed by atoms with E-state index in [1.165, 1.54) is 16.9 Å². The first-order chi connectivity index (χ1) is 11.5. The Hall–Kier alpha value is -1.64. The third kappa shape index (κ3) is 4.25. The van der Waals surface area contributed by atoms with Crippen LogP contribution >= 0.6 is 39.0 Å². The van der Waals surface area contributed by atoms with Gasteiger partial charge in [0.15, 0.2) is 4.34 Å². The van der Waals surface area contributed by atoms with Crippen molar-refractivity contribution in [3.8, 4) is 0 Å². The maximum atomic E-state index is 12.2. The Bertz CT molecular complexity index is 859. The molecule has 5 nitrogen and oxygen atoms in total. The summed E-state index contributed by atoms with van der Waals surface area (Å²) >= 11 is 6.37. The smallest absolute Gasteiger partial charge is 0.261 e. The number of thioether (sulfide) groups is 1. The molecule has 3 rings (SSSR count). The number of hydrogen-bond acceptors (Lipinski definition) is 6. The van der Waals surface area contributed by atoms with Gasteiger partial charge in [-0.1, -0.05) is 51.2 Å². The molecule has 2 heterocycles. The van der Waals surface area contributed by atoms with E-state index in [4.69, 9.17) is 4.42 Å². The monoisotopic (exact) mass is 423 g/mol. The summed E-state index contributed by atoms with van der Waals surface area (Å²) in [5, 5.41) is 11.4. The summed E-state index contributed by atoms with van der Waals surface area (Å²) in [6.07, 6.45) is 0. The lowest BCUT2D eigenvalue weighted by Gasteiger charge is -1.99. The van der Waals surface area contributed by atoms with Gasteiger partial charge in [0.25, 0.3) is 5.91 Å². The Balaban J connectivity index is 1.60. The Morgan fingerprint density at radius 1 is 1.29 bits per heavy atom. The average molecular weight is 424 g/mol. The van der Waals surface area contributed by atoms with Gasteiger partial charge in [0.2, 0.25) is 5.13 Å². The molecule has 0 fully saturated rings. The van der Waals surface area contributed by atoms with Gasteiger partial charge in [0.1, 0.15) is 11.5 Å². The lowest BCUT2D eigenvalue weighted by atomic mass is 10.2. The van der Waals surface area contributed by atoms with Crippen LogP contribution in [-0.2, 0) is 5.75 Å². The summed E-state index contributed by atoms with van der Waals surface area (Å²) in [6.45, 7) is 3.58. The normalized spacial score (nSPS) is 10.8. The molecule has 1 aromatic carbocycles. The van der Waals surface area contributed by atoms with Gasteiger partial charge < -0.3 is 4.42 Å². The van der Waals surface area contributed by atoms with Crippen LogP contribution in [-0.4, -0.2) is 16.1 Å². The molecule has 24 heavy (non-hydrogen) atoms. The molecule has 0 unspecified atom stereocenters. The van der Waals surface area contributed by atoms with Crippen molar-refractivity contribution in [3.63, 3.8) is 0 Å². The zero-order chi connectivity index (χ0) is 17.1. The van der Waals surface area contributed by atoms with Crippen LogP contribution in [0.3, 0.4) is 0 Å². The molecule has 0 aliphatic heterocycles. The summed E-state index contributed by atoms with van der Waals surface area (Å²) in [5.74, 6) is 1.88. The van der Waals surface area contributed by atoms with Crippen LogP contribution in [0.25, 0.3) is 0 Å². The van der Waals surface area contributed by atoms with Crippen molar-refractivity contribution in [2.75, 3.05) is 5.32 Å². The fourth-order valence-corrected chi connectivity index (χ4v) is 4.03. The summed E-state index contributed by atoms with van der Waals surface area (Å²) in [4.78, 5) is 12.2. The molecular weight excluding hydrogens is 410 g/mol. The molecule has 0 aliphatic rings. The quantitative estimate of drug-likeness (QED) is 0.458. The van der Waals surface area contributed by atoms with Crippen molar-refractivity contribution in [2.24, 2.45) is 0 Å². The lowest BCUT2D eigenvalue weighted by Crippen LogP contribution is -2.11. The molecule has 0 bridgehead atoms. The van der Waals surface area contributed by atoms with E-state index in [0.29, 0.717) is 22.2 Å². The number of benzene rings is 1. The van der Waals surface area contributed by atoms with Crippen LogP contribution in [0, 0.1) is 13.8 Å². The van der Waals surface area contributed by atoms with Gasteiger partial charge in [-0.3, -0.25) is 10.1 Å². The highest BCUT2D eigenvalue weighted by Gasteiger charge is 2.15. The summed E-state index contributed by atoms with van der Waals surface area (Å²) in [7, 11) is 0. The molecule has 1 amide bonds. The van der Waals surface area contributed by atoms with Crippen LogP contribution in [0.5, 0.6) is 0 Å². The number of aromatic nitrogens is 2. The van der Waals surface area contributed by atoms with Gasteiger partial charge in [-0.05, 0) is 37.6 Å². The predicted octanol–water partition coefficient (Wildman–Crippen LogP) is 5.06. The fourth-order valence-electron chi connectivity index (χ4n) is 2.07. The average Bonchev–Trinajstić information content (AvgIpc) is 3.12. The number of carbonyl (C=O) groups excluding carboxylic acids is 1. The highest BCUT2D eigenvalue weighted by atomic mass is 79.9. The maximum absolute atomic E-state index is 12.2. The van der Waals surface area contributed by atoms with Crippen molar-refractivity contribution < 1.29 is 9.21 Å². The van der Waals surface area contributed by atoms with E-state index in [1.54, 1.807) is 24.8 Å². The van der Waals surface area contributed by atoms with Gasteiger partial charge >= 0.3 is 0 Å². The molecule has 8 heteroatoms. The first-order valence-electron chi connectivity index (χ1n) is 7.10. The number of amides is 1. The van der Waals surface area contributed by atoms with Crippen molar-refractivity contribution in [1.29, 1.82) is 0 Å². The standard InChI is InChI=1S/C16H14BrN3O2S2/c1-9-7-13(10(2)22-9)14(21)18-15-19-20-16(24-15)23-8-11-3-5-12(17)6-4-11/h3-7H,8H2,1-2H3,(H,18,19,21). The first kappa shape index (κ1) is 17.2. The third-order valence-electron chi connectivity index (χ3n) is 3.19. The van der Waals surface area contributed by atoms with Crippen LogP contribution < -0.4 is 5.32 Å². The van der Waals surface area contributed by atoms with Gasteiger partial charge in [-0.15, -0.1) is 10.2 Å². The summed E-state index contributed by atoms with van der Waals surface area (Å²) in [6, 6.07) is 9.86. The largest absolute Gasteiger partial charge is 0.466 e. The Labute approximate surface area is 156 Å². The molecule has 0 saturated carbocycles. The van der Waals surface area contributed by atoms with Crippen LogP contribution in [0.15, 0.2) is 43.6 Å². The molecule has 0 aliphatic carbocycles. The zero-order valence-electron chi connectivity index (χ0n) is 13.0. The van der Waals surface area contributed by atoms with Crippen LogP contribution in [0.1, 0.15) is 27.4 Å². The second kappa shape index (κ2) is 7.50. The molecule has 0 spiro atoms. The number of aryl methyl sites for hydroxylation is 2. The molecule has 2 aromatic heterocycles. The molecule has 124 valence electrons. The number of halogens is 1. The number of furan rings is 1. The minimum atomic E-state index is -0.232. The fraction of sp³-hybridized carbons (Fsp3) is 0.188. The summed E-state index contributed by atoms with van der Waals surface area (Å²) < 4.78 is 7.24. The molecule has 3 aromatic rings. The van der Waals surface area contributed by atoms with Crippen molar-refractivity contribution in [2.45, 2.75) is 23.9 Å². The van der Waals surface area contributed by atoms with E-state index in [1.807, 2.05) is 19.1 Å². The second-order valence-corrected chi connectivity index (χ2v) is 8.18. The van der Waals surface area contributed by atoms with Crippen molar-refractivity contribution in [3.05, 3.63) is 57.5 Å². The molecule has 0 atom stereocenters. The SMILES string of the molecule is Cc1cc(C(=O)Nc2nnc(SCc3ccc(Br)cc3)s2)c(C)o1. The lowest BCUT2D eigenvalue weighted by molar-refractivity contribution is 0.102. The Morgan fingerprint density at radius 3 is 2.71 bits per heavy atom. The highest BCUT2D eigenvalue weighted by Crippen LogP contribution is 2.29. The number of rotatable bonds is 5. The van der Waals surface area contributed by atoms with Crippen molar-refractivity contribution in [1.82, 2.24) is 10.2 Å². The minimum Gasteiger partial charge on any atom is -0.466 e. The minimum absolute atomic E-state index is 0.232. The third-order valence-corrected chi connectivity index (χ3v) is 5.76. The number of carbonyl (C=O) groups is 1. The van der Waals surface area contributed by atoms with Crippen LogP contribution in [0.4, 0.5) is 5.13 Å². The molecule has 0 radical (unpaired) electrons. The van der Waals surface area contributed by atoms with E-state index >= 15 is 0 Å². The molecular formula is C16H14BrN3O2S2. The topological polar surface area (TPSA) is 68.0 Å². The second-order valence-electron chi connectivity index (χ2n) is 5.07. The number of hydrogen-bond donors (Lipinski definition) is 1. The van der Waals surface area contributed by atoms with E-state index in [2.05, 4.69) is 43.6 Å².